The van der Waals surface area contributed by atoms with Gasteiger partial charge in [0.1, 0.15) is 0 Å². The Kier molecular flexibility index (Phi) is 3.01. The molecular weight excluding hydrogens is 144 g/mol. The number of nitrogens with zero attached hydrogens (tertiary/aromatic N) is 1. The molecule has 0 aromatic carbocycles. The zero-order chi connectivity index (χ0) is 7.56. The minimum Gasteiger partial charge on any atom is -0.326 e. The molecule has 0 aliphatic carbocycles. The van der Waals surface area contributed by atoms with E-state index in [0.29, 0.717) is 5.37 Å². The second-order valence-corrected chi connectivity index (χ2v) is 3.38. The molecule has 0 aromatic heterocycles. The monoisotopic (exact) mass is 160 g/mol. The molecule has 10 heavy (non-hydrogen) atoms. The van der Waals surface area contributed by atoms with Gasteiger partial charge < -0.3 is 5.73 Å². The van der Waals surface area contributed by atoms with Gasteiger partial charge in [0.15, 0.2) is 0 Å². The van der Waals surface area contributed by atoms with Crippen LogP contribution in [-0.2, 0) is 0 Å². The smallest absolute Gasteiger partial charge is 0.0680 e. The van der Waals surface area contributed by atoms with Crippen LogP contribution < -0.4 is 5.73 Å². The lowest BCUT2D eigenvalue weighted by Crippen LogP contribution is -2.48. The zero-order valence-electron chi connectivity index (χ0n) is 6.45. The maximum absolute atomic E-state index is 5.83. The lowest BCUT2D eigenvalue weighted by atomic mass is 10.1. The average molecular weight is 160 g/mol. The standard InChI is InChI=1S/C7H16N2S/c1-2-9-5-3-4-6(8)7(9)10/h6-7,10H,2-5,8H2,1H3. The topological polar surface area (TPSA) is 29.3 Å². The molecule has 1 aliphatic rings. The highest BCUT2D eigenvalue weighted by molar-refractivity contribution is 7.80. The molecule has 0 radical (unpaired) electrons. The van der Waals surface area contributed by atoms with E-state index < -0.39 is 0 Å². The molecule has 0 amide bonds. The number of thiol groups is 1. The summed E-state index contributed by atoms with van der Waals surface area (Å²) in [5.74, 6) is 0. The molecule has 1 fully saturated rings. The molecule has 1 heterocycles. The summed E-state index contributed by atoms with van der Waals surface area (Å²) >= 11 is 4.43. The predicted molar refractivity (Wildman–Crippen MR) is 47.2 cm³/mol. The van der Waals surface area contributed by atoms with Gasteiger partial charge in [0.05, 0.1) is 5.37 Å². The summed E-state index contributed by atoms with van der Waals surface area (Å²) in [6.45, 7) is 4.39. The lowest BCUT2D eigenvalue weighted by Gasteiger charge is -2.35. The van der Waals surface area contributed by atoms with Crippen LogP contribution in [-0.4, -0.2) is 29.4 Å². The Bertz CT molecular complexity index is 108. The van der Waals surface area contributed by atoms with E-state index in [0.717, 1.165) is 13.0 Å². The Morgan fingerprint density at radius 3 is 2.90 bits per heavy atom. The fraction of sp³-hybridized carbons (Fsp3) is 1.00. The fourth-order valence-electron chi connectivity index (χ4n) is 1.43. The van der Waals surface area contributed by atoms with Crippen LogP contribution in [0.1, 0.15) is 19.8 Å². The van der Waals surface area contributed by atoms with Gasteiger partial charge in [0.25, 0.3) is 0 Å². The molecule has 2 N–H and O–H groups in total. The minimum atomic E-state index is 0.275. The first-order valence-electron chi connectivity index (χ1n) is 3.93. The van der Waals surface area contributed by atoms with Gasteiger partial charge in [-0.25, -0.2) is 0 Å². The van der Waals surface area contributed by atoms with Crippen molar-refractivity contribution < 1.29 is 0 Å². The van der Waals surface area contributed by atoms with E-state index in [1.165, 1.54) is 13.0 Å². The third kappa shape index (κ3) is 1.65. The molecule has 1 aliphatic heterocycles. The zero-order valence-corrected chi connectivity index (χ0v) is 7.35. The molecular formula is C7H16N2S. The average Bonchev–Trinajstić information content (AvgIpc) is 1.95. The SMILES string of the molecule is CCN1CCCC(N)C1S. The van der Waals surface area contributed by atoms with Gasteiger partial charge in [0.2, 0.25) is 0 Å². The van der Waals surface area contributed by atoms with Crippen molar-refractivity contribution in [2.24, 2.45) is 5.73 Å². The Morgan fingerprint density at radius 2 is 2.40 bits per heavy atom. The van der Waals surface area contributed by atoms with Crippen LogP contribution in [0.15, 0.2) is 0 Å². The number of hydrogen-bond donors (Lipinski definition) is 2. The molecule has 1 rings (SSSR count). The lowest BCUT2D eigenvalue weighted by molar-refractivity contribution is 0.197. The molecule has 2 nitrogen and oxygen atoms in total. The normalized spacial score (nSPS) is 36.3. The Labute approximate surface area is 68.2 Å². The summed E-state index contributed by atoms with van der Waals surface area (Å²) in [7, 11) is 0. The van der Waals surface area contributed by atoms with Crippen LogP contribution in [0.3, 0.4) is 0 Å². The van der Waals surface area contributed by atoms with Crippen molar-refractivity contribution in [3.63, 3.8) is 0 Å². The molecule has 2 unspecified atom stereocenters. The number of nitrogens with two attached hydrogens (primary N) is 1. The first-order valence-corrected chi connectivity index (χ1v) is 4.45. The van der Waals surface area contributed by atoms with E-state index >= 15 is 0 Å². The van der Waals surface area contributed by atoms with Crippen molar-refractivity contribution in [2.75, 3.05) is 13.1 Å². The van der Waals surface area contributed by atoms with Crippen molar-refractivity contribution in [1.82, 2.24) is 4.90 Å². The van der Waals surface area contributed by atoms with Crippen LogP contribution in [0, 0.1) is 0 Å². The third-order valence-corrected chi connectivity index (χ3v) is 2.86. The van der Waals surface area contributed by atoms with E-state index in [1.807, 2.05) is 0 Å². The molecule has 0 bridgehead atoms. The van der Waals surface area contributed by atoms with E-state index in [-0.39, 0.29) is 6.04 Å². The largest absolute Gasteiger partial charge is 0.326 e. The summed E-state index contributed by atoms with van der Waals surface area (Å²) in [5, 5.41) is 0.291. The predicted octanol–water partition coefficient (Wildman–Crippen LogP) is 0.685. The summed E-state index contributed by atoms with van der Waals surface area (Å²) in [6.07, 6.45) is 2.36. The van der Waals surface area contributed by atoms with E-state index in [1.54, 1.807) is 0 Å². The number of piperidine rings is 1. The molecule has 3 heteroatoms. The molecule has 60 valence electrons. The number of likely N-dealkylation sites (N-methyl/N-ethyl adjacent to an activating group) is 1. The van der Waals surface area contributed by atoms with Gasteiger partial charge >= 0.3 is 0 Å². The van der Waals surface area contributed by atoms with Crippen LogP contribution in [0.5, 0.6) is 0 Å². The summed E-state index contributed by atoms with van der Waals surface area (Å²) in [5.41, 5.74) is 5.83. The van der Waals surface area contributed by atoms with Crippen molar-refractivity contribution in [3.8, 4) is 0 Å². The highest BCUT2D eigenvalue weighted by Crippen LogP contribution is 2.17. The van der Waals surface area contributed by atoms with Crippen molar-refractivity contribution in [3.05, 3.63) is 0 Å². The first kappa shape index (κ1) is 8.37. The van der Waals surface area contributed by atoms with Gasteiger partial charge in [-0.3, -0.25) is 4.90 Å². The van der Waals surface area contributed by atoms with Gasteiger partial charge in [0, 0.05) is 6.04 Å². The minimum absolute atomic E-state index is 0.275. The van der Waals surface area contributed by atoms with Gasteiger partial charge in [-0.1, -0.05) is 6.92 Å². The van der Waals surface area contributed by atoms with E-state index in [4.69, 9.17) is 5.73 Å². The highest BCUT2D eigenvalue weighted by Gasteiger charge is 2.23. The molecule has 2 atom stereocenters. The summed E-state index contributed by atoms with van der Waals surface area (Å²) in [6, 6.07) is 0.275. The van der Waals surface area contributed by atoms with Crippen LogP contribution in [0.25, 0.3) is 0 Å². The quantitative estimate of drug-likeness (QED) is 0.553. The molecule has 1 saturated heterocycles. The fourth-order valence-corrected chi connectivity index (χ4v) is 1.86. The molecule has 0 aromatic rings. The molecule has 0 saturated carbocycles. The van der Waals surface area contributed by atoms with Crippen LogP contribution in [0.2, 0.25) is 0 Å². The number of rotatable bonds is 1. The number of likely N-dealkylation sites (tertiary alicyclic amines) is 1. The van der Waals surface area contributed by atoms with Crippen molar-refractivity contribution >= 4 is 12.6 Å². The first-order chi connectivity index (χ1) is 4.75. The van der Waals surface area contributed by atoms with Gasteiger partial charge in [-0.15, -0.1) is 0 Å². The van der Waals surface area contributed by atoms with E-state index in [2.05, 4.69) is 24.5 Å². The number of hydrogen-bond acceptors (Lipinski definition) is 3. The van der Waals surface area contributed by atoms with Gasteiger partial charge in [-0.05, 0) is 25.9 Å². The van der Waals surface area contributed by atoms with Crippen molar-refractivity contribution in [2.45, 2.75) is 31.2 Å². The summed E-state index contributed by atoms with van der Waals surface area (Å²) in [4.78, 5) is 2.32. The maximum atomic E-state index is 5.83. The van der Waals surface area contributed by atoms with Crippen molar-refractivity contribution in [1.29, 1.82) is 0 Å². The second-order valence-electron chi connectivity index (χ2n) is 2.85. The van der Waals surface area contributed by atoms with Crippen LogP contribution in [0.4, 0.5) is 0 Å². The van der Waals surface area contributed by atoms with Gasteiger partial charge in [-0.2, -0.15) is 12.6 Å². The summed E-state index contributed by atoms with van der Waals surface area (Å²) < 4.78 is 0. The van der Waals surface area contributed by atoms with Crippen LogP contribution >= 0.6 is 12.6 Å². The highest BCUT2D eigenvalue weighted by atomic mass is 32.1. The Balaban J connectivity index is 2.42. The second kappa shape index (κ2) is 3.60. The maximum Gasteiger partial charge on any atom is 0.0680 e. The van der Waals surface area contributed by atoms with E-state index in [9.17, 15) is 0 Å². The third-order valence-electron chi connectivity index (χ3n) is 2.15. The Morgan fingerprint density at radius 1 is 1.70 bits per heavy atom. The Hall–Kier alpha value is 0.270. The molecule has 0 spiro atoms.